The standard InChI is InChI=1S/C13H19N3O4/c1-4-16(5-2)12(19)13(7-8-13)10(17)9(15-14)11(18)20-6-3/h4-8H2,1-3H3. The molecule has 0 aromatic rings. The van der Waals surface area contributed by atoms with Gasteiger partial charge in [0.15, 0.2) is 0 Å². The minimum Gasteiger partial charge on any atom is -0.457 e. The largest absolute Gasteiger partial charge is 0.457 e. The number of rotatable bonds is 7. The molecule has 0 spiro atoms. The Bertz CT molecular complexity index is 472. The fourth-order valence-electron chi connectivity index (χ4n) is 2.08. The zero-order valence-electron chi connectivity index (χ0n) is 12.0. The highest BCUT2D eigenvalue weighted by Gasteiger charge is 2.62. The Morgan fingerprint density at radius 1 is 1.20 bits per heavy atom. The monoisotopic (exact) mass is 281 g/mol. The van der Waals surface area contributed by atoms with Crippen LogP contribution in [0.4, 0.5) is 0 Å². The van der Waals surface area contributed by atoms with E-state index in [1.807, 2.05) is 13.8 Å². The number of Topliss-reactive ketones (excluding diaryl/α,β-unsaturated/α-hetero) is 1. The molecule has 1 aliphatic rings. The van der Waals surface area contributed by atoms with Crippen LogP contribution in [0.25, 0.3) is 5.53 Å². The van der Waals surface area contributed by atoms with Crippen LogP contribution in [-0.2, 0) is 19.1 Å². The first-order chi connectivity index (χ1) is 9.48. The number of carbonyl (C=O) groups excluding carboxylic acids is 3. The molecule has 7 heteroatoms. The van der Waals surface area contributed by atoms with E-state index in [0.717, 1.165) is 0 Å². The molecule has 0 aliphatic heterocycles. The first kappa shape index (κ1) is 16.0. The topological polar surface area (TPSA) is 100 Å². The van der Waals surface area contributed by atoms with E-state index in [2.05, 4.69) is 9.53 Å². The van der Waals surface area contributed by atoms with E-state index in [9.17, 15) is 14.4 Å². The molecular formula is C13H19N3O4. The average molecular weight is 281 g/mol. The van der Waals surface area contributed by atoms with Crippen molar-refractivity contribution in [3.63, 3.8) is 0 Å². The molecule has 7 nitrogen and oxygen atoms in total. The van der Waals surface area contributed by atoms with E-state index >= 15 is 0 Å². The number of amides is 1. The fraction of sp³-hybridized carbons (Fsp3) is 0.692. The second kappa shape index (κ2) is 6.43. The van der Waals surface area contributed by atoms with Gasteiger partial charge in [-0.15, -0.1) is 0 Å². The first-order valence-electron chi connectivity index (χ1n) is 6.71. The van der Waals surface area contributed by atoms with Crippen LogP contribution in [0.15, 0.2) is 0 Å². The Labute approximate surface area is 117 Å². The van der Waals surface area contributed by atoms with Gasteiger partial charge in [-0.25, -0.2) is 4.79 Å². The molecule has 110 valence electrons. The molecule has 0 atom stereocenters. The minimum absolute atomic E-state index is 0.0577. The summed E-state index contributed by atoms with van der Waals surface area (Å²) in [6.45, 7) is 6.22. The quantitative estimate of drug-likeness (QED) is 0.222. The lowest BCUT2D eigenvalue weighted by atomic mass is 9.95. The number of ketones is 1. The lowest BCUT2D eigenvalue weighted by Crippen LogP contribution is -2.45. The van der Waals surface area contributed by atoms with Gasteiger partial charge >= 0.3 is 11.7 Å². The van der Waals surface area contributed by atoms with E-state index in [4.69, 9.17) is 5.53 Å². The summed E-state index contributed by atoms with van der Waals surface area (Å²) in [4.78, 5) is 40.5. The highest BCUT2D eigenvalue weighted by molar-refractivity contribution is 6.65. The summed E-state index contributed by atoms with van der Waals surface area (Å²) >= 11 is 0. The minimum atomic E-state index is -1.25. The summed E-state index contributed by atoms with van der Waals surface area (Å²) in [5.41, 5.74) is 6.91. The molecule has 1 aliphatic carbocycles. The molecule has 1 fully saturated rings. The summed E-state index contributed by atoms with van der Waals surface area (Å²) in [6, 6.07) is 0. The van der Waals surface area contributed by atoms with Crippen molar-refractivity contribution < 1.29 is 23.9 Å². The predicted molar refractivity (Wildman–Crippen MR) is 69.9 cm³/mol. The number of nitrogens with zero attached hydrogens (tertiary/aromatic N) is 3. The Balaban J connectivity index is 2.98. The van der Waals surface area contributed by atoms with Crippen LogP contribution in [0, 0.1) is 5.41 Å². The molecule has 0 aromatic heterocycles. The highest BCUT2D eigenvalue weighted by atomic mass is 16.5. The zero-order chi connectivity index (χ0) is 15.3. The Morgan fingerprint density at radius 2 is 1.75 bits per heavy atom. The number of hydrogen-bond acceptors (Lipinski definition) is 4. The van der Waals surface area contributed by atoms with Crippen molar-refractivity contribution in [2.75, 3.05) is 19.7 Å². The second-order valence-corrected chi connectivity index (χ2v) is 4.56. The number of carbonyl (C=O) groups is 3. The van der Waals surface area contributed by atoms with Gasteiger partial charge < -0.3 is 15.2 Å². The Hall–Kier alpha value is -2.01. The maximum absolute atomic E-state index is 12.3. The van der Waals surface area contributed by atoms with E-state index < -0.39 is 22.9 Å². The Morgan fingerprint density at radius 3 is 2.10 bits per heavy atom. The van der Waals surface area contributed by atoms with Gasteiger partial charge in [0, 0.05) is 13.1 Å². The van der Waals surface area contributed by atoms with Crippen molar-refractivity contribution >= 4 is 23.4 Å². The molecule has 0 aromatic carbocycles. The molecular weight excluding hydrogens is 262 g/mol. The highest BCUT2D eigenvalue weighted by Crippen LogP contribution is 2.48. The van der Waals surface area contributed by atoms with Crippen LogP contribution in [0.1, 0.15) is 33.6 Å². The van der Waals surface area contributed by atoms with Crippen molar-refractivity contribution in [1.82, 2.24) is 4.90 Å². The van der Waals surface area contributed by atoms with Gasteiger partial charge in [-0.2, -0.15) is 4.79 Å². The first-order valence-corrected chi connectivity index (χ1v) is 6.71. The molecule has 0 bridgehead atoms. The molecule has 0 saturated heterocycles. The van der Waals surface area contributed by atoms with Crippen molar-refractivity contribution in [1.29, 1.82) is 0 Å². The predicted octanol–water partition coefficient (Wildman–Crippen LogP) is 0.438. The average Bonchev–Trinajstić information content (AvgIpc) is 3.22. The summed E-state index contributed by atoms with van der Waals surface area (Å²) in [5, 5.41) is 0. The van der Waals surface area contributed by atoms with Gasteiger partial charge in [0.25, 0.3) is 5.78 Å². The molecule has 1 saturated carbocycles. The fourth-order valence-corrected chi connectivity index (χ4v) is 2.08. The van der Waals surface area contributed by atoms with Gasteiger partial charge in [0.2, 0.25) is 5.91 Å². The van der Waals surface area contributed by atoms with Crippen LogP contribution in [0.2, 0.25) is 0 Å². The van der Waals surface area contributed by atoms with Crippen molar-refractivity contribution in [3.05, 3.63) is 5.53 Å². The van der Waals surface area contributed by atoms with Gasteiger partial charge in [0.05, 0.1) is 6.61 Å². The number of ether oxygens (including phenoxy) is 1. The molecule has 0 radical (unpaired) electrons. The van der Waals surface area contributed by atoms with Crippen molar-refractivity contribution in [3.8, 4) is 0 Å². The van der Waals surface area contributed by atoms with E-state index in [0.29, 0.717) is 25.9 Å². The van der Waals surface area contributed by atoms with Crippen molar-refractivity contribution in [2.24, 2.45) is 5.41 Å². The van der Waals surface area contributed by atoms with Gasteiger partial charge in [-0.05, 0) is 33.6 Å². The molecule has 0 N–H and O–H groups in total. The lowest BCUT2D eigenvalue weighted by Gasteiger charge is -2.22. The summed E-state index contributed by atoms with van der Waals surface area (Å²) in [6.07, 6.45) is 0.721. The Kier molecular flexibility index (Phi) is 5.16. The van der Waals surface area contributed by atoms with Crippen LogP contribution < -0.4 is 0 Å². The zero-order valence-corrected chi connectivity index (χ0v) is 12.0. The summed E-state index contributed by atoms with van der Waals surface area (Å²) < 4.78 is 4.66. The van der Waals surface area contributed by atoms with Crippen LogP contribution in [-0.4, -0.2) is 52.8 Å². The second-order valence-electron chi connectivity index (χ2n) is 4.56. The third-order valence-corrected chi connectivity index (χ3v) is 3.43. The maximum Gasteiger partial charge on any atom is 0.442 e. The van der Waals surface area contributed by atoms with Crippen LogP contribution >= 0.6 is 0 Å². The lowest BCUT2D eigenvalue weighted by molar-refractivity contribution is -0.145. The van der Waals surface area contributed by atoms with Crippen LogP contribution in [0.3, 0.4) is 0 Å². The number of esters is 1. The van der Waals surface area contributed by atoms with Crippen molar-refractivity contribution in [2.45, 2.75) is 33.6 Å². The van der Waals surface area contributed by atoms with Crippen LogP contribution in [0.5, 0.6) is 0 Å². The maximum atomic E-state index is 12.3. The van der Waals surface area contributed by atoms with Gasteiger partial charge in [0.1, 0.15) is 5.41 Å². The van der Waals surface area contributed by atoms with E-state index in [-0.39, 0.29) is 12.5 Å². The van der Waals surface area contributed by atoms with E-state index in [1.165, 1.54) is 4.90 Å². The molecule has 1 amide bonds. The van der Waals surface area contributed by atoms with E-state index in [1.54, 1.807) is 6.92 Å². The smallest absolute Gasteiger partial charge is 0.442 e. The molecule has 0 unspecified atom stereocenters. The molecule has 0 heterocycles. The SMILES string of the molecule is CCOC(=O)C(=[N+]=[N-])C(=O)C1(C(=O)N(CC)CC)CC1. The number of hydrogen-bond donors (Lipinski definition) is 0. The summed E-state index contributed by atoms with van der Waals surface area (Å²) in [5.74, 6) is -2.08. The normalized spacial score (nSPS) is 14.9. The van der Waals surface area contributed by atoms with Gasteiger partial charge in [-0.3, -0.25) is 9.59 Å². The third-order valence-electron chi connectivity index (χ3n) is 3.43. The molecule has 1 rings (SSSR count). The molecule has 20 heavy (non-hydrogen) atoms. The summed E-state index contributed by atoms with van der Waals surface area (Å²) in [7, 11) is 0. The third kappa shape index (κ3) is 2.77. The van der Waals surface area contributed by atoms with Gasteiger partial charge in [-0.1, -0.05) is 0 Å².